The van der Waals surface area contributed by atoms with Gasteiger partial charge in [-0.05, 0) is 30.4 Å². The third-order valence-electron chi connectivity index (χ3n) is 4.31. The molecule has 1 aliphatic carbocycles. The van der Waals surface area contributed by atoms with E-state index in [1.54, 1.807) is 0 Å². The maximum Gasteiger partial charge on any atom is 0.0998 e. The van der Waals surface area contributed by atoms with Crippen LogP contribution in [0.4, 0.5) is 5.69 Å². The number of benzene rings is 2. The summed E-state index contributed by atoms with van der Waals surface area (Å²) in [5, 5.41) is 14.9. The van der Waals surface area contributed by atoms with Gasteiger partial charge in [0.2, 0.25) is 0 Å². The van der Waals surface area contributed by atoms with Crippen molar-refractivity contribution in [2.24, 2.45) is 5.41 Å². The summed E-state index contributed by atoms with van der Waals surface area (Å²) in [6, 6.07) is 14.3. The van der Waals surface area contributed by atoms with Crippen molar-refractivity contribution in [2.45, 2.75) is 26.2 Å². The highest BCUT2D eigenvalue weighted by Gasteiger charge is 2.31. The van der Waals surface area contributed by atoms with Crippen LogP contribution in [0.1, 0.15) is 31.7 Å². The molecule has 0 heterocycles. The molecule has 19 heavy (non-hydrogen) atoms. The highest BCUT2D eigenvalue weighted by atomic mass is 14.9. The number of nitrogens with zero attached hydrogens (tertiary/aromatic N) is 1. The van der Waals surface area contributed by atoms with Crippen LogP contribution in [0.3, 0.4) is 0 Å². The van der Waals surface area contributed by atoms with Gasteiger partial charge in [0.05, 0.1) is 11.6 Å². The van der Waals surface area contributed by atoms with Crippen molar-refractivity contribution in [3.8, 4) is 6.07 Å². The van der Waals surface area contributed by atoms with Crippen molar-refractivity contribution in [3.05, 3.63) is 42.0 Å². The Balaban J connectivity index is 1.94. The molecule has 0 saturated heterocycles. The molecule has 1 fully saturated rings. The molecule has 1 N–H and O–H groups in total. The summed E-state index contributed by atoms with van der Waals surface area (Å²) < 4.78 is 0. The Hall–Kier alpha value is -2.01. The summed E-state index contributed by atoms with van der Waals surface area (Å²) in [7, 11) is 0. The molecule has 1 saturated carbocycles. The molecule has 0 atom stereocenters. The quantitative estimate of drug-likeness (QED) is 0.880. The van der Waals surface area contributed by atoms with E-state index >= 15 is 0 Å². The van der Waals surface area contributed by atoms with Gasteiger partial charge in [0.25, 0.3) is 0 Å². The largest absolute Gasteiger partial charge is 0.384 e. The lowest BCUT2D eigenvalue weighted by Crippen LogP contribution is -2.33. The van der Waals surface area contributed by atoms with Crippen molar-refractivity contribution in [1.82, 2.24) is 0 Å². The highest BCUT2D eigenvalue weighted by Crippen LogP contribution is 2.40. The highest BCUT2D eigenvalue weighted by molar-refractivity contribution is 5.97. The zero-order chi connectivity index (χ0) is 13.3. The number of hydrogen-bond acceptors (Lipinski definition) is 2. The Kier molecular flexibility index (Phi) is 2.91. The third-order valence-corrected chi connectivity index (χ3v) is 4.31. The first-order valence-corrected chi connectivity index (χ1v) is 6.88. The molecule has 1 aliphatic rings. The topological polar surface area (TPSA) is 35.8 Å². The second-order valence-electron chi connectivity index (χ2n) is 5.84. The third kappa shape index (κ3) is 2.17. The van der Waals surface area contributed by atoms with E-state index in [9.17, 15) is 0 Å². The number of hydrogen-bond donors (Lipinski definition) is 1. The number of nitriles is 1. The Labute approximate surface area is 114 Å². The minimum absolute atomic E-state index is 0.453. The van der Waals surface area contributed by atoms with Gasteiger partial charge in [-0.2, -0.15) is 5.26 Å². The van der Waals surface area contributed by atoms with Gasteiger partial charge in [0, 0.05) is 23.0 Å². The van der Waals surface area contributed by atoms with E-state index in [0.717, 1.165) is 28.6 Å². The zero-order valence-electron chi connectivity index (χ0n) is 11.2. The Bertz CT molecular complexity index is 648. The van der Waals surface area contributed by atoms with Crippen LogP contribution < -0.4 is 5.32 Å². The first-order chi connectivity index (χ1) is 9.22. The van der Waals surface area contributed by atoms with E-state index in [1.807, 2.05) is 30.3 Å². The van der Waals surface area contributed by atoms with Gasteiger partial charge in [-0.3, -0.25) is 0 Å². The van der Waals surface area contributed by atoms with Crippen molar-refractivity contribution < 1.29 is 0 Å². The van der Waals surface area contributed by atoms with Gasteiger partial charge in [0.15, 0.2) is 0 Å². The van der Waals surface area contributed by atoms with E-state index in [0.29, 0.717) is 5.41 Å². The number of anilines is 1. The van der Waals surface area contributed by atoms with Crippen molar-refractivity contribution in [2.75, 3.05) is 11.9 Å². The molecule has 2 aromatic carbocycles. The van der Waals surface area contributed by atoms with Crippen molar-refractivity contribution in [3.63, 3.8) is 0 Å². The fourth-order valence-electron chi connectivity index (χ4n) is 2.82. The molecule has 0 radical (unpaired) electrons. The zero-order valence-corrected chi connectivity index (χ0v) is 11.2. The van der Waals surface area contributed by atoms with Crippen LogP contribution in [0.15, 0.2) is 36.4 Å². The normalized spacial score (nSPS) is 16.6. The molecule has 0 bridgehead atoms. The molecular formula is C17H18N2. The molecule has 2 aromatic rings. The second-order valence-corrected chi connectivity index (χ2v) is 5.84. The van der Waals surface area contributed by atoms with E-state index in [2.05, 4.69) is 24.4 Å². The van der Waals surface area contributed by atoms with Crippen LogP contribution in [0.2, 0.25) is 0 Å². The second kappa shape index (κ2) is 4.59. The number of rotatable bonds is 3. The van der Waals surface area contributed by atoms with Gasteiger partial charge in [-0.1, -0.05) is 37.6 Å². The number of fused-ring (bicyclic) bond motifs is 1. The van der Waals surface area contributed by atoms with Gasteiger partial charge in [0.1, 0.15) is 0 Å². The standard InChI is InChI=1S/C17H18N2/c1-17(9-4-10-17)12-19-16-8-7-13(11-18)14-5-2-3-6-15(14)16/h2-3,5-8,19H,4,9-10,12H2,1H3. The summed E-state index contributed by atoms with van der Waals surface area (Å²) in [6.07, 6.45) is 3.98. The van der Waals surface area contributed by atoms with Crippen molar-refractivity contribution >= 4 is 16.5 Å². The number of nitrogens with one attached hydrogen (secondary N) is 1. The molecule has 0 unspecified atom stereocenters. The van der Waals surface area contributed by atoms with Crippen LogP contribution in [-0.4, -0.2) is 6.54 Å². The van der Waals surface area contributed by atoms with Gasteiger partial charge < -0.3 is 5.32 Å². The summed E-state index contributed by atoms with van der Waals surface area (Å²) in [5.41, 5.74) is 2.34. The average Bonchev–Trinajstić information content (AvgIpc) is 2.42. The lowest BCUT2D eigenvalue weighted by atomic mass is 9.70. The lowest BCUT2D eigenvalue weighted by molar-refractivity contribution is 0.180. The molecule has 2 heteroatoms. The molecule has 0 aromatic heterocycles. The van der Waals surface area contributed by atoms with Crippen molar-refractivity contribution in [1.29, 1.82) is 5.26 Å². The lowest BCUT2D eigenvalue weighted by Gasteiger charge is -2.38. The van der Waals surface area contributed by atoms with E-state index < -0.39 is 0 Å². The SMILES string of the molecule is CC1(CNc2ccc(C#N)c3ccccc23)CCC1. The monoisotopic (exact) mass is 250 g/mol. The summed E-state index contributed by atoms with van der Waals surface area (Å²) in [4.78, 5) is 0. The van der Waals surface area contributed by atoms with E-state index in [1.165, 1.54) is 19.3 Å². The molecule has 0 spiro atoms. The summed E-state index contributed by atoms with van der Waals surface area (Å²) in [5.74, 6) is 0. The fraction of sp³-hybridized carbons (Fsp3) is 0.353. The minimum Gasteiger partial charge on any atom is -0.384 e. The summed E-state index contributed by atoms with van der Waals surface area (Å²) >= 11 is 0. The van der Waals surface area contributed by atoms with Crippen LogP contribution in [0.5, 0.6) is 0 Å². The average molecular weight is 250 g/mol. The van der Waals surface area contributed by atoms with Gasteiger partial charge in [-0.15, -0.1) is 0 Å². The van der Waals surface area contributed by atoms with Crippen LogP contribution in [-0.2, 0) is 0 Å². The predicted molar refractivity (Wildman–Crippen MR) is 79.1 cm³/mol. The van der Waals surface area contributed by atoms with Crippen LogP contribution >= 0.6 is 0 Å². The fourth-order valence-corrected chi connectivity index (χ4v) is 2.82. The van der Waals surface area contributed by atoms with E-state index in [4.69, 9.17) is 5.26 Å². The van der Waals surface area contributed by atoms with Gasteiger partial charge >= 0.3 is 0 Å². The summed E-state index contributed by atoms with van der Waals surface area (Å²) in [6.45, 7) is 3.36. The Morgan fingerprint density at radius 1 is 1.16 bits per heavy atom. The molecule has 96 valence electrons. The minimum atomic E-state index is 0.453. The first-order valence-electron chi connectivity index (χ1n) is 6.88. The van der Waals surface area contributed by atoms with Crippen LogP contribution in [0.25, 0.3) is 10.8 Å². The van der Waals surface area contributed by atoms with Gasteiger partial charge in [-0.25, -0.2) is 0 Å². The smallest absolute Gasteiger partial charge is 0.0998 e. The molecule has 2 nitrogen and oxygen atoms in total. The maximum absolute atomic E-state index is 9.16. The molecule has 3 rings (SSSR count). The molecule has 0 amide bonds. The molecule has 0 aliphatic heterocycles. The first kappa shape index (κ1) is 12.0. The maximum atomic E-state index is 9.16. The Morgan fingerprint density at radius 3 is 2.53 bits per heavy atom. The molecular weight excluding hydrogens is 232 g/mol. The van der Waals surface area contributed by atoms with Crippen LogP contribution in [0, 0.1) is 16.7 Å². The Morgan fingerprint density at radius 2 is 1.89 bits per heavy atom. The predicted octanol–water partition coefficient (Wildman–Crippen LogP) is 4.31. The van der Waals surface area contributed by atoms with E-state index in [-0.39, 0.29) is 0 Å².